The normalized spacial score (nSPS) is 19.3. The molecule has 290 valence electrons. The molecular formula is C42H50N6O7. The maximum Gasteiger partial charge on any atom is 0.310 e. The van der Waals surface area contributed by atoms with Gasteiger partial charge in [-0.1, -0.05) is 31.0 Å². The van der Waals surface area contributed by atoms with E-state index in [4.69, 9.17) is 30.5 Å². The van der Waals surface area contributed by atoms with Gasteiger partial charge in [0.25, 0.3) is 5.91 Å². The molecule has 13 nitrogen and oxygen atoms in total. The predicted molar refractivity (Wildman–Crippen MR) is 204 cm³/mol. The van der Waals surface area contributed by atoms with E-state index in [-0.39, 0.29) is 37.6 Å². The number of hydrazine groups is 1. The SMILES string of the molecule is COc1ccc(COC(=O)C2CCCCC2C(=O)N2CCc3c(C#N)ccc(OC/C(N)=C/N(N)C(C)C)c3C2CN2Cc3ccccc3C2=O)c(OC)c1. The van der Waals surface area contributed by atoms with E-state index in [0.717, 1.165) is 24.0 Å². The quantitative estimate of drug-likeness (QED) is 0.137. The van der Waals surface area contributed by atoms with Crippen LogP contribution in [0.5, 0.6) is 17.2 Å². The highest BCUT2D eigenvalue weighted by molar-refractivity contribution is 5.98. The third-order valence-corrected chi connectivity index (χ3v) is 10.9. The average Bonchev–Trinajstić information content (AvgIpc) is 3.52. The fourth-order valence-electron chi connectivity index (χ4n) is 7.86. The van der Waals surface area contributed by atoms with E-state index in [0.29, 0.717) is 77.6 Å². The fraction of sp³-hybridized carbons (Fsp3) is 0.429. The molecule has 13 heteroatoms. The fourth-order valence-corrected chi connectivity index (χ4v) is 7.86. The summed E-state index contributed by atoms with van der Waals surface area (Å²) in [5, 5.41) is 11.7. The molecule has 2 aliphatic heterocycles. The Bertz CT molecular complexity index is 1990. The molecule has 2 heterocycles. The van der Waals surface area contributed by atoms with Crippen molar-refractivity contribution in [3.8, 4) is 23.3 Å². The van der Waals surface area contributed by atoms with E-state index >= 15 is 0 Å². The highest BCUT2D eigenvalue weighted by atomic mass is 16.5. The molecule has 55 heavy (non-hydrogen) atoms. The number of amides is 2. The minimum absolute atomic E-state index is 0.00301. The van der Waals surface area contributed by atoms with Crippen LogP contribution in [0.1, 0.15) is 83.7 Å². The minimum atomic E-state index is -0.674. The Morgan fingerprint density at radius 1 is 1.04 bits per heavy atom. The summed E-state index contributed by atoms with van der Waals surface area (Å²) < 4.78 is 23.0. The first-order valence-corrected chi connectivity index (χ1v) is 18.8. The average molecular weight is 751 g/mol. The third-order valence-electron chi connectivity index (χ3n) is 10.9. The number of carbonyl (C=O) groups excluding carboxylic acids is 3. The molecule has 0 aromatic heterocycles. The number of hydrogen-bond acceptors (Lipinski definition) is 11. The molecule has 4 N–H and O–H groups in total. The van der Waals surface area contributed by atoms with Gasteiger partial charge in [0.2, 0.25) is 5.91 Å². The molecule has 3 aliphatic rings. The molecule has 3 aromatic rings. The molecule has 1 aliphatic carbocycles. The second-order valence-electron chi connectivity index (χ2n) is 14.6. The number of nitrogens with zero attached hydrogens (tertiary/aromatic N) is 4. The lowest BCUT2D eigenvalue weighted by Crippen LogP contribution is -2.50. The highest BCUT2D eigenvalue weighted by Crippen LogP contribution is 2.43. The Balaban J connectivity index is 1.32. The van der Waals surface area contributed by atoms with E-state index in [1.165, 1.54) is 5.01 Å². The maximum atomic E-state index is 15.0. The van der Waals surface area contributed by atoms with Gasteiger partial charge >= 0.3 is 5.97 Å². The molecular weight excluding hydrogens is 700 g/mol. The second kappa shape index (κ2) is 17.2. The van der Waals surface area contributed by atoms with Gasteiger partial charge in [-0.25, -0.2) is 5.84 Å². The van der Waals surface area contributed by atoms with Gasteiger partial charge in [0.05, 0.1) is 49.4 Å². The van der Waals surface area contributed by atoms with Crippen LogP contribution in [0.2, 0.25) is 0 Å². The van der Waals surface area contributed by atoms with Crippen LogP contribution < -0.4 is 25.8 Å². The summed E-state index contributed by atoms with van der Waals surface area (Å²) in [5.74, 6) is 5.64. The number of esters is 1. The van der Waals surface area contributed by atoms with Crippen LogP contribution in [0.4, 0.5) is 0 Å². The summed E-state index contributed by atoms with van der Waals surface area (Å²) >= 11 is 0. The van der Waals surface area contributed by atoms with Crippen LogP contribution in [0.25, 0.3) is 0 Å². The summed E-state index contributed by atoms with van der Waals surface area (Å²) in [6.45, 7) is 4.68. The van der Waals surface area contributed by atoms with E-state index in [1.807, 2.05) is 38.1 Å². The Labute approximate surface area is 322 Å². The van der Waals surface area contributed by atoms with Crippen molar-refractivity contribution in [3.63, 3.8) is 0 Å². The van der Waals surface area contributed by atoms with Gasteiger partial charge < -0.3 is 39.5 Å². The van der Waals surface area contributed by atoms with Crippen LogP contribution in [0.15, 0.2) is 66.5 Å². The van der Waals surface area contributed by atoms with Crippen molar-refractivity contribution < 1.29 is 33.3 Å². The van der Waals surface area contributed by atoms with Crippen molar-refractivity contribution in [1.82, 2.24) is 14.8 Å². The van der Waals surface area contributed by atoms with Crippen LogP contribution in [0, 0.1) is 23.2 Å². The van der Waals surface area contributed by atoms with Crippen molar-refractivity contribution >= 4 is 17.8 Å². The molecule has 0 radical (unpaired) electrons. The predicted octanol–water partition coefficient (Wildman–Crippen LogP) is 4.97. The van der Waals surface area contributed by atoms with Crippen molar-refractivity contribution in [2.24, 2.45) is 23.4 Å². The minimum Gasteiger partial charge on any atom is -0.497 e. The van der Waals surface area contributed by atoms with Crippen LogP contribution >= 0.6 is 0 Å². The van der Waals surface area contributed by atoms with Crippen molar-refractivity contribution in [1.29, 1.82) is 5.26 Å². The summed E-state index contributed by atoms with van der Waals surface area (Å²) in [4.78, 5) is 46.1. The van der Waals surface area contributed by atoms with Gasteiger partial charge in [0, 0.05) is 54.6 Å². The van der Waals surface area contributed by atoms with Gasteiger partial charge in [0.1, 0.15) is 30.5 Å². The van der Waals surface area contributed by atoms with Gasteiger partial charge in [-0.3, -0.25) is 14.4 Å². The summed E-state index contributed by atoms with van der Waals surface area (Å²) in [6, 6.07) is 17.9. The molecule has 0 bridgehead atoms. The monoisotopic (exact) mass is 750 g/mol. The first-order valence-electron chi connectivity index (χ1n) is 18.8. The maximum absolute atomic E-state index is 15.0. The molecule has 6 rings (SSSR count). The number of methoxy groups -OCH3 is 2. The number of rotatable bonds is 13. The molecule has 0 spiro atoms. The smallest absolute Gasteiger partial charge is 0.310 e. The third kappa shape index (κ3) is 8.34. The van der Waals surface area contributed by atoms with E-state index in [9.17, 15) is 19.6 Å². The Morgan fingerprint density at radius 2 is 1.80 bits per heavy atom. The topological polar surface area (TPSA) is 174 Å². The van der Waals surface area contributed by atoms with Crippen molar-refractivity contribution in [2.75, 3.05) is 33.9 Å². The number of benzene rings is 3. The number of ether oxygens (including phenoxy) is 4. The first kappa shape index (κ1) is 39.0. The first-order chi connectivity index (χ1) is 26.5. The number of nitriles is 1. The summed E-state index contributed by atoms with van der Waals surface area (Å²) in [5.41, 5.74) is 10.8. The second-order valence-corrected chi connectivity index (χ2v) is 14.6. The van der Waals surface area contributed by atoms with E-state index in [2.05, 4.69) is 6.07 Å². The Morgan fingerprint density at radius 3 is 2.51 bits per heavy atom. The molecule has 3 atom stereocenters. The molecule has 0 saturated heterocycles. The number of fused-ring (bicyclic) bond motifs is 2. The zero-order valence-electron chi connectivity index (χ0n) is 32.0. The zero-order valence-corrected chi connectivity index (χ0v) is 32.0. The van der Waals surface area contributed by atoms with Gasteiger partial charge in [-0.15, -0.1) is 0 Å². The van der Waals surface area contributed by atoms with Crippen molar-refractivity contribution in [2.45, 2.75) is 71.2 Å². The van der Waals surface area contributed by atoms with Crippen molar-refractivity contribution in [3.05, 3.63) is 99.9 Å². The summed E-state index contributed by atoms with van der Waals surface area (Å²) in [6.07, 6.45) is 4.60. The van der Waals surface area contributed by atoms with Gasteiger partial charge in [-0.2, -0.15) is 5.26 Å². The number of hydrogen-bond donors (Lipinski definition) is 2. The molecule has 3 unspecified atom stereocenters. The lowest BCUT2D eigenvalue weighted by molar-refractivity contribution is -0.159. The van der Waals surface area contributed by atoms with Gasteiger partial charge in [0.15, 0.2) is 0 Å². The number of nitrogens with two attached hydrogens (primary N) is 2. The Hall–Kier alpha value is -5.74. The van der Waals surface area contributed by atoms with E-state index < -0.39 is 23.8 Å². The lowest BCUT2D eigenvalue weighted by Gasteiger charge is -2.43. The largest absolute Gasteiger partial charge is 0.497 e. The standard InChI is InChI=1S/C42H50N6O7/c1-26(2)48(45)22-30(44)25-54-37-16-14-27(20-43)32-17-18-47(36(39(32)37)23-46-21-28-9-5-6-10-33(28)40(46)49)41(50)34-11-7-8-12-35(34)42(51)55-24-29-13-15-31(52-3)19-38(29)53-4/h5-6,9-10,13-16,19,22,26,34-36H,7-8,11-12,17-18,21,23-25,44-45H2,1-4H3/b30-22-. The number of carbonyl (C=O) groups is 3. The van der Waals surface area contributed by atoms with Crippen LogP contribution in [-0.4, -0.2) is 72.6 Å². The molecule has 2 amide bonds. The Kier molecular flexibility index (Phi) is 12.2. The molecule has 1 saturated carbocycles. The van der Waals surface area contributed by atoms with E-state index in [1.54, 1.807) is 60.6 Å². The molecule has 3 aromatic carbocycles. The van der Waals surface area contributed by atoms with Gasteiger partial charge in [-0.05, 0) is 74.6 Å². The highest BCUT2D eigenvalue weighted by Gasteiger charge is 2.44. The molecule has 1 fully saturated rings. The van der Waals surface area contributed by atoms with Crippen LogP contribution in [0.3, 0.4) is 0 Å². The zero-order chi connectivity index (χ0) is 39.2. The lowest BCUT2D eigenvalue weighted by atomic mass is 9.77. The van der Waals surface area contributed by atoms with Crippen LogP contribution in [-0.2, 0) is 33.9 Å². The summed E-state index contributed by atoms with van der Waals surface area (Å²) in [7, 11) is 3.11.